The van der Waals surface area contributed by atoms with Gasteiger partial charge in [0.2, 0.25) is 5.95 Å². The summed E-state index contributed by atoms with van der Waals surface area (Å²) in [7, 11) is 3.51. The molecule has 0 aliphatic rings. The van der Waals surface area contributed by atoms with E-state index >= 15 is 0 Å². The highest BCUT2D eigenvalue weighted by molar-refractivity contribution is 5.55. The van der Waals surface area contributed by atoms with Gasteiger partial charge >= 0.3 is 0 Å². The molecule has 0 aliphatic carbocycles. The van der Waals surface area contributed by atoms with Crippen LogP contribution in [0.25, 0.3) is 11.4 Å². The van der Waals surface area contributed by atoms with Crippen LogP contribution in [0.1, 0.15) is 5.56 Å². The van der Waals surface area contributed by atoms with Gasteiger partial charge in [0.1, 0.15) is 6.33 Å². The molecule has 0 N–H and O–H groups in total. The third kappa shape index (κ3) is 4.14. The summed E-state index contributed by atoms with van der Waals surface area (Å²) in [5.74, 6) is 0.512. The summed E-state index contributed by atoms with van der Waals surface area (Å²) in [4.78, 5) is 37.1. The van der Waals surface area contributed by atoms with Crippen molar-refractivity contribution in [2.24, 2.45) is 7.05 Å². The Balaban J connectivity index is 1.79. The van der Waals surface area contributed by atoms with Crippen LogP contribution in [0.2, 0.25) is 0 Å². The van der Waals surface area contributed by atoms with Crippen LogP contribution < -0.4 is 10.5 Å². The lowest BCUT2D eigenvalue weighted by molar-refractivity contribution is -0.384. The molecule has 9 heteroatoms. The molecule has 0 radical (unpaired) electrons. The van der Waals surface area contributed by atoms with Gasteiger partial charge in [-0.3, -0.25) is 19.5 Å². The van der Waals surface area contributed by atoms with Gasteiger partial charge in [0.25, 0.3) is 11.2 Å². The van der Waals surface area contributed by atoms with Gasteiger partial charge in [0.05, 0.1) is 16.3 Å². The number of benzene rings is 1. The lowest BCUT2D eigenvalue weighted by atomic mass is 10.1. The number of nitro benzene ring substituents is 1. The highest BCUT2D eigenvalue weighted by atomic mass is 16.6. The van der Waals surface area contributed by atoms with Crippen LogP contribution >= 0.6 is 0 Å². The van der Waals surface area contributed by atoms with Crippen molar-refractivity contribution in [3.05, 3.63) is 75.0 Å². The van der Waals surface area contributed by atoms with Crippen molar-refractivity contribution in [1.29, 1.82) is 0 Å². The Hall–Kier alpha value is -3.62. The number of anilines is 1. The first kappa shape index (κ1) is 18.2. The van der Waals surface area contributed by atoms with Crippen LogP contribution in [0, 0.1) is 10.1 Å². The Morgan fingerprint density at radius 1 is 1.19 bits per heavy atom. The van der Waals surface area contributed by atoms with Gasteiger partial charge in [-0.1, -0.05) is 12.1 Å². The van der Waals surface area contributed by atoms with Crippen molar-refractivity contribution in [3.8, 4) is 11.4 Å². The molecule has 2 aromatic heterocycles. The van der Waals surface area contributed by atoms with Crippen LogP contribution in [0.3, 0.4) is 0 Å². The average Bonchev–Trinajstić information content (AvgIpc) is 2.69. The van der Waals surface area contributed by atoms with Crippen molar-refractivity contribution >= 4 is 11.6 Å². The van der Waals surface area contributed by atoms with Crippen LogP contribution in [-0.4, -0.2) is 38.0 Å². The maximum absolute atomic E-state index is 12.3. The van der Waals surface area contributed by atoms with E-state index in [0.29, 0.717) is 30.3 Å². The van der Waals surface area contributed by atoms with Crippen molar-refractivity contribution < 1.29 is 4.92 Å². The third-order valence-corrected chi connectivity index (χ3v) is 4.18. The summed E-state index contributed by atoms with van der Waals surface area (Å²) in [6.45, 7) is 0.589. The Morgan fingerprint density at radius 2 is 1.93 bits per heavy atom. The topological polar surface area (TPSA) is 107 Å². The summed E-state index contributed by atoms with van der Waals surface area (Å²) in [6, 6.07) is 9.57. The van der Waals surface area contributed by atoms with E-state index < -0.39 is 4.92 Å². The Kier molecular flexibility index (Phi) is 5.20. The molecule has 2 heterocycles. The fourth-order valence-electron chi connectivity index (χ4n) is 2.62. The second kappa shape index (κ2) is 7.73. The third-order valence-electron chi connectivity index (χ3n) is 4.18. The molecule has 0 fully saturated rings. The molecule has 138 valence electrons. The van der Waals surface area contributed by atoms with Crippen molar-refractivity contribution in [2.45, 2.75) is 6.42 Å². The van der Waals surface area contributed by atoms with Crippen molar-refractivity contribution in [2.75, 3.05) is 18.5 Å². The number of nitrogens with zero attached hydrogens (tertiary/aromatic N) is 6. The number of likely N-dealkylation sites (N-methyl/N-ethyl adjacent to an activating group) is 1. The second-order valence-corrected chi connectivity index (χ2v) is 6.03. The largest absolute Gasteiger partial charge is 0.345 e. The molecule has 27 heavy (non-hydrogen) atoms. The molecule has 3 rings (SSSR count). The first-order valence-electron chi connectivity index (χ1n) is 8.24. The Labute approximate surface area is 155 Å². The van der Waals surface area contributed by atoms with E-state index in [4.69, 9.17) is 0 Å². The molecule has 0 spiro atoms. The molecule has 9 nitrogen and oxygen atoms in total. The van der Waals surface area contributed by atoms with Crippen molar-refractivity contribution in [1.82, 2.24) is 19.5 Å². The average molecular weight is 366 g/mol. The lowest BCUT2D eigenvalue weighted by Gasteiger charge is -2.21. The molecule has 1 aromatic carbocycles. The molecule has 0 saturated carbocycles. The van der Waals surface area contributed by atoms with Gasteiger partial charge in [-0.2, -0.15) is 0 Å². The molecule has 0 atom stereocenters. The van der Waals surface area contributed by atoms with Crippen LogP contribution in [0.4, 0.5) is 11.6 Å². The highest BCUT2D eigenvalue weighted by Crippen LogP contribution is 2.16. The van der Waals surface area contributed by atoms with Gasteiger partial charge in [-0.25, -0.2) is 15.0 Å². The summed E-state index contributed by atoms with van der Waals surface area (Å²) >= 11 is 0. The molecule has 0 saturated heterocycles. The lowest BCUT2D eigenvalue weighted by Crippen LogP contribution is -2.30. The molecule has 0 unspecified atom stereocenters. The van der Waals surface area contributed by atoms with Crippen LogP contribution in [0.5, 0.6) is 0 Å². The summed E-state index contributed by atoms with van der Waals surface area (Å²) in [5, 5.41) is 10.7. The second-order valence-electron chi connectivity index (χ2n) is 6.03. The monoisotopic (exact) mass is 366 g/mol. The molecule has 0 bridgehead atoms. The zero-order valence-electron chi connectivity index (χ0n) is 14.9. The van der Waals surface area contributed by atoms with Gasteiger partial charge in [0, 0.05) is 45.0 Å². The minimum Gasteiger partial charge on any atom is -0.345 e. The summed E-state index contributed by atoms with van der Waals surface area (Å²) in [6.07, 6.45) is 3.66. The fourth-order valence-corrected chi connectivity index (χ4v) is 2.62. The minimum absolute atomic E-state index is 0.0636. The Bertz CT molecular complexity index is 1000. The fraction of sp³-hybridized carbons (Fsp3) is 0.222. The zero-order chi connectivity index (χ0) is 19.4. The maximum atomic E-state index is 12.3. The number of rotatable bonds is 6. The SMILES string of the molecule is CN(CCc1ccc([N+](=O)[O-])cc1)c1nc(-c2ccncn2)cc(=O)n1C. The van der Waals surface area contributed by atoms with Gasteiger partial charge in [0.15, 0.2) is 0 Å². The van der Waals surface area contributed by atoms with Gasteiger partial charge in [-0.05, 0) is 18.1 Å². The van der Waals surface area contributed by atoms with E-state index in [1.165, 1.54) is 29.1 Å². The summed E-state index contributed by atoms with van der Waals surface area (Å²) in [5.41, 5.74) is 1.90. The van der Waals surface area contributed by atoms with Gasteiger partial charge < -0.3 is 4.90 Å². The maximum Gasteiger partial charge on any atom is 0.269 e. The van der Waals surface area contributed by atoms with Crippen LogP contribution in [0.15, 0.2) is 53.7 Å². The number of hydrogen-bond donors (Lipinski definition) is 0. The van der Waals surface area contributed by atoms with Crippen molar-refractivity contribution in [3.63, 3.8) is 0 Å². The van der Waals surface area contributed by atoms with Crippen LogP contribution in [-0.2, 0) is 13.5 Å². The first-order chi connectivity index (χ1) is 13.0. The van der Waals surface area contributed by atoms with E-state index in [2.05, 4.69) is 15.0 Å². The van der Waals surface area contributed by atoms with E-state index in [0.717, 1.165) is 5.56 Å². The molecule has 0 amide bonds. The first-order valence-corrected chi connectivity index (χ1v) is 8.24. The standard InChI is InChI=1S/C18H18N6O3/c1-22(10-8-13-3-5-14(6-4-13)24(26)27)18-21-16(11-17(25)23(18)2)15-7-9-19-12-20-15/h3-7,9,11-12H,8,10H2,1-2H3. The number of aromatic nitrogens is 4. The predicted molar refractivity (Wildman–Crippen MR) is 101 cm³/mol. The smallest absolute Gasteiger partial charge is 0.269 e. The van der Waals surface area contributed by atoms with E-state index in [1.54, 1.807) is 31.4 Å². The zero-order valence-corrected chi connectivity index (χ0v) is 14.9. The quantitative estimate of drug-likeness (QED) is 0.484. The molecular formula is C18H18N6O3. The predicted octanol–water partition coefficient (Wildman–Crippen LogP) is 1.82. The number of nitro groups is 1. The number of non-ortho nitro benzene ring substituents is 1. The molecule has 3 aromatic rings. The van der Waals surface area contributed by atoms with Gasteiger partial charge in [-0.15, -0.1) is 0 Å². The molecule has 0 aliphatic heterocycles. The molecular weight excluding hydrogens is 348 g/mol. The normalized spacial score (nSPS) is 10.6. The summed E-state index contributed by atoms with van der Waals surface area (Å²) < 4.78 is 1.47. The van der Waals surface area contributed by atoms with E-state index in [1.807, 2.05) is 11.9 Å². The highest BCUT2D eigenvalue weighted by Gasteiger charge is 2.13. The minimum atomic E-state index is -0.422. The Morgan fingerprint density at radius 3 is 2.56 bits per heavy atom. The number of hydrogen-bond acceptors (Lipinski definition) is 7. The van der Waals surface area contributed by atoms with E-state index in [-0.39, 0.29) is 11.2 Å². The van der Waals surface area contributed by atoms with E-state index in [9.17, 15) is 14.9 Å².